The lowest BCUT2D eigenvalue weighted by atomic mass is 10.0. The summed E-state index contributed by atoms with van der Waals surface area (Å²) in [4.78, 5) is 16.1. The maximum atomic E-state index is 13.3. The van der Waals surface area contributed by atoms with Crippen molar-refractivity contribution in [2.24, 2.45) is 10.9 Å². The molecule has 1 aromatic rings. The van der Waals surface area contributed by atoms with E-state index in [1.807, 2.05) is 27.7 Å². The molecule has 0 saturated carbocycles. The van der Waals surface area contributed by atoms with E-state index >= 15 is 0 Å². The third-order valence-corrected chi connectivity index (χ3v) is 3.63. The number of nitrogens with one attached hydrogen (secondary N) is 1. The van der Waals surface area contributed by atoms with Gasteiger partial charge in [0.25, 0.3) is 5.91 Å². The van der Waals surface area contributed by atoms with Crippen molar-refractivity contribution in [3.63, 3.8) is 0 Å². The van der Waals surface area contributed by atoms with Gasteiger partial charge in [-0.1, -0.05) is 19.9 Å². The summed E-state index contributed by atoms with van der Waals surface area (Å²) in [6.07, 6.45) is -3.48. The molecule has 1 N–H and O–H groups in total. The number of halogens is 3. The van der Waals surface area contributed by atoms with E-state index in [9.17, 15) is 18.0 Å². The molecule has 2 rings (SSSR count). The van der Waals surface area contributed by atoms with Crippen LogP contribution in [0.5, 0.6) is 5.75 Å². The molecule has 0 spiro atoms. The van der Waals surface area contributed by atoms with Gasteiger partial charge in [0.1, 0.15) is 11.8 Å². The minimum Gasteiger partial charge on any atom is -0.481 e. The smallest absolute Gasteiger partial charge is 0.416 e. The van der Waals surface area contributed by atoms with E-state index in [2.05, 4.69) is 10.3 Å². The summed E-state index contributed by atoms with van der Waals surface area (Å²) in [7, 11) is 0. The Morgan fingerprint density at radius 1 is 1.28 bits per heavy atom. The molecule has 138 valence electrons. The summed E-state index contributed by atoms with van der Waals surface area (Å²) in [6, 6.07) is 3.19. The number of aliphatic imine (C=N–C) groups is 1. The Morgan fingerprint density at radius 3 is 2.40 bits per heavy atom. The molecule has 0 fully saturated rings. The van der Waals surface area contributed by atoms with Crippen molar-refractivity contribution in [1.29, 1.82) is 0 Å². The van der Waals surface area contributed by atoms with E-state index in [4.69, 9.17) is 4.74 Å². The fraction of sp³-hybridized carbons (Fsp3) is 0.556. The average Bonchev–Trinajstić information content (AvgIpc) is 3.29. The molecular formula is C18H23F3N2O2. The lowest BCUT2D eigenvalue weighted by Crippen LogP contribution is -2.42. The van der Waals surface area contributed by atoms with Gasteiger partial charge in [-0.15, -0.1) is 0 Å². The van der Waals surface area contributed by atoms with Crippen molar-refractivity contribution < 1.29 is 22.7 Å². The van der Waals surface area contributed by atoms with Crippen molar-refractivity contribution in [3.8, 4) is 5.75 Å². The summed E-state index contributed by atoms with van der Waals surface area (Å²) >= 11 is 0. The lowest BCUT2D eigenvalue weighted by molar-refractivity contribution is -0.138. The molecule has 0 radical (unpaired) electrons. The molecular weight excluding hydrogens is 333 g/mol. The zero-order valence-corrected chi connectivity index (χ0v) is 14.7. The third-order valence-electron chi connectivity index (χ3n) is 3.63. The molecule has 0 saturated heterocycles. The van der Waals surface area contributed by atoms with E-state index < -0.39 is 23.9 Å². The zero-order valence-electron chi connectivity index (χ0n) is 14.7. The highest BCUT2D eigenvalue weighted by atomic mass is 19.4. The van der Waals surface area contributed by atoms with E-state index in [1.165, 1.54) is 18.3 Å². The highest BCUT2D eigenvalue weighted by Crippen LogP contribution is 2.40. The normalized spacial score (nSPS) is 17.7. The largest absolute Gasteiger partial charge is 0.481 e. The maximum absolute atomic E-state index is 13.3. The Morgan fingerprint density at radius 2 is 1.92 bits per heavy atom. The molecule has 0 aromatic heterocycles. The first kappa shape index (κ1) is 19.3. The summed E-state index contributed by atoms with van der Waals surface area (Å²) in [5.41, 5.74) is -0.674. The number of hydrogen-bond acceptors (Lipinski definition) is 3. The van der Waals surface area contributed by atoms with Crippen LogP contribution in [0.1, 0.15) is 51.3 Å². The molecule has 1 aromatic carbocycles. The molecule has 4 nitrogen and oxygen atoms in total. The fourth-order valence-electron chi connectivity index (χ4n) is 2.49. The Bertz CT molecular complexity index is 648. The monoisotopic (exact) mass is 356 g/mol. The Labute approximate surface area is 145 Å². The molecule has 1 aliphatic heterocycles. The predicted molar refractivity (Wildman–Crippen MR) is 89.8 cm³/mol. The van der Waals surface area contributed by atoms with Gasteiger partial charge in [-0.2, -0.15) is 13.2 Å². The van der Waals surface area contributed by atoms with Crippen molar-refractivity contribution in [1.82, 2.24) is 5.32 Å². The Balaban J connectivity index is 2.24. The summed E-state index contributed by atoms with van der Waals surface area (Å²) in [5, 5.41) is 2.75. The van der Waals surface area contributed by atoms with Gasteiger partial charge >= 0.3 is 6.18 Å². The number of benzene rings is 1. The van der Waals surface area contributed by atoms with E-state index in [0.29, 0.717) is 6.42 Å². The number of carbonyl (C=O) groups is 1. The van der Waals surface area contributed by atoms with Crippen LogP contribution in [0.3, 0.4) is 0 Å². The first-order valence-corrected chi connectivity index (χ1v) is 8.29. The van der Waals surface area contributed by atoms with Gasteiger partial charge in [0.2, 0.25) is 0 Å². The molecule has 1 amide bonds. The van der Waals surface area contributed by atoms with Crippen LogP contribution in [-0.2, 0) is 11.0 Å². The first-order valence-electron chi connectivity index (χ1n) is 8.29. The van der Waals surface area contributed by atoms with Gasteiger partial charge in [0.05, 0.1) is 5.56 Å². The summed E-state index contributed by atoms with van der Waals surface area (Å²) in [5.74, 6) is -0.141. The molecule has 7 heteroatoms. The van der Waals surface area contributed by atoms with Crippen LogP contribution in [0.4, 0.5) is 13.2 Å². The number of nitrogens with zero attached hydrogens (tertiary/aromatic N) is 1. The highest BCUT2D eigenvalue weighted by molar-refractivity contribution is 5.82. The topological polar surface area (TPSA) is 50.7 Å². The average molecular weight is 356 g/mol. The van der Waals surface area contributed by atoms with E-state index in [-0.39, 0.29) is 29.2 Å². The number of alkyl halides is 3. The number of rotatable bonds is 7. The van der Waals surface area contributed by atoms with Crippen LogP contribution in [0.2, 0.25) is 0 Å². The second-order valence-electron chi connectivity index (χ2n) is 6.89. The van der Waals surface area contributed by atoms with E-state index in [1.54, 1.807) is 0 Å². The van der Waals surface area contributed by atoms with Crippen LogP contribution in [0, 0.1) is 5.92 Å². The highest BCUT2D eigenvalue weighted by Gasteiger charge is 2.37. The van der Waals surface area contributed by atoms with Crippen LogP contribution in [0.15, 0.2) is 23.2 Å². The Kier molecular flexibility index (Phi) is 5.75. The molecule has 1 heterocycles. The minimum absolute atomic E-state index is 0.0290. The van der Waals surface area contributed by atoms with E-state index in [0.717, 1.165) is 6.07 Å². The molecule has 2 unspecified atom stereocenters. The van der Waals surface area contributed by atoms with Gasteiger partial charge in [0.15, 0.2) is 6.10 Å². The summed E-state index contributed by atoms with van der Waals surface area (Å²) in [6.45, 7) is 7.48. The molecule has 1 aliphatic rings. The maximum Gasteiger partial charge on any atom is 0.416 e. The molecule has 0 aliphatic carbocycles. The number of ether oxygens (including phenoxy) is 1. The molecule has 0 bridgehead atoms. The number of hydrogen-bond donors (Lipinski definition) is 1. The van der Waals surface area contributed by atoms with Gasteiger partial charge in [0, 0.05) is 12.3 Å². The fourth-order valence-corrected chi connectivity index (χ4v) is 2.49. The predicted octanol–water partition coefficient (Wildman–Crippen LogP) is 4.15. The second-order valence-corrected chi connectivity index (χ2v) is 6.89. The van der Waals surface area contributed by atoms with Gasteiger partial charge < -0.3 is 10.1 Å². The van der Waals surface area contributed by atoms with Crippen molar-refractivity contribution in [3.05, 3.63) is 29.3 Å². The van der Waals surface area contributed by atoms with Crippen LogP contribution in [-0.4, -0.2) is 24.3 Å². The van der Waals surface area contributed by atoms with Crippen molar-refractivity contribution in [2.75, 3.05) is 0 Å². The second kappa shape index (κ2) is 7.45. The van der Waals surface area contributed by atoms with Gasteiger partial charge in [-0.25, -0.2) is 0 Å². The Hall–Kier alpha value is -2.05. The molecule has 2 atom stereocenters. The SMILES string of the molecule is CC(C)CC(Oc1ccc(C2C=N2)c(C(F)(F)F)c1)C(=O)NC(C)C. The number of carbonyl (C=O) groups excluding carboxylic acids is 1. The third kappa shape index (κ3) is 5.47. The van der Waals surface area contributed by atoms with Crippen LogP contribution in [0.25, 0.3) is 0 Å². The standard InChI is InChI=1S/C18H23F3N2O2/c1-10(2)7-16(17(24)23-11(3)4)25-12-5-6-13(15-9-22-15)14(8-12)18(19,20)21/h5-6,8-11,15-16H,7H2,1-4H3,(H,23,24). The first-order chi connectivity index (χ1) is 11.6. The summed E-state index contributed by atoms with van der Waals surface area (Å²) < 4.78 is 45.5. The zero-order chi connectivity index (χ0) is 18.8. The van der Waals surface area contributed by atoms with Crippen molar-refractivity contribution in [2.45, 2.75) is 58.5 Å². The van der Waals surface area contributed by atoms with Crippen molar-refractivity contribution >= 4 is 12.1 Å². The quantitative estimate of drug-likeness (QED) is 0.798. The van der Waals surface area contributed by atoms with Crippen LogP contribution < -0.4 is 10.1 Å². The lowest BCUT2D eigenvalue weighted by Gasteiger charge is -2.22. The minimum atomic E-state index is -4.51. The van der Waals surface area contributed by atoms with Gasteiger partial charge in [-0.05, 0) is 43.9 Å². The number of amides is 1. The van der Waals surface area contributed by atoms with Crippen LogP contribution >= 0.6 is 0 Å². The van der Waals surface area contributed by atoms with Gasteiger partial charge in [-0.3, -0.25) is 9.79 Å². The molecule has 25 heavy (non-hydrogen) atoms.